The van der Waals surface area contributed by atoms with Gasteiger partial charge >= 0.3 is 5.97 Å². The van der Waals surface area contributed by atoms with Crippen molar-refractivity contribution in [3.63, 3.8) is 0 Å². The molecule has 0 aromatic heterocycles. The highest BCUT2D eigenvalue weighted by atomic mass is 16.5. The van der Waals surface area contributed by atoms with E-state index in [1.807, 2.05) is 0 Å². The molecular weight excluding hydrogens is 204 g/mol. The van der Waals surface area contributed by atoms with Gasteiger partial charge in [-0.2, -0.15) is 0 Å². The topological polar surface area (TPSA) is 43.4 Å². The van der Waals surface area contributed by atoms with Crippen LogP contribution in [0.1, 0.15) is 42.1 Å². The second-order valence-electron chi connectivity index (χ2n) is 3.53. The summed E-state index contributed by atoms with van der Waals surface area (Å²) < 4.78 is 5.06. The van der Waals surface area contributed by atoms with Crippen LogP contribution < -0.4 is 0 Å². The zero-order chi connectivity index (χ0) is 11.8. The van der Waals surface area contributed by atoms with E-state index in [2.05, 4.69) is 6.92 Å². The van der Waals surface area contributed by atoms with Gasteiger partial charge in [0.15, 0.2) is 0 Å². The lowest BCUT2D eigenvalue weighted by atomic mass is 10.1. The molecule has 85 valence electrons. The van der Waals surface area contributed by atoms with Crippen LogP contribution in [0.4, 0.5) is 0 Å². The molecule has 0 atom stereocenters. The Balaban J connectivity index is 2.49. The maximum atomic E-state index is 11.5. The number of carbonyl (C=O) groups is 1. The minimum atomic E-state index is -0.381. The molecule has 1 aromatic rings. The first-order valence-corrected chi connectivity index (χ1v) is 5.43. The molecule has 1 radical (unpaired) electrons. The van der Waals surface area contributed by atoms with Crippen molar-refractivity contribution < 1.29 is 14.3 Å². The number of hydrogen-bond donors (Lipinski definition) is 0. The summed E-state index contributed by atoms with van der Waals surface area (Å²) in [5, 5.41) is 0. The highest BCUT2D eigenvalue weighted by molar-refractivity contribution is 5.91. The van der Waals surface area contributed by atoms with Crippen LogP contribution in [0.2, 0.25) is 0 Å². The fourth-order valence-electron chi connectivity index (χ4n) is 1.31. The fraction of sp³-hybridized carbons (Fsp3) is 0.385. The van der Waals surface area contributed by atoms with Gasteiger partial charge in [-0.3, -0.25) is 4.79 Å². The highest BCUT2D eigenvalue weighted by Gasteiger charge is 2.07. The summed E-state index contributed by atoms with van der Waals surface area (Å²) in [7, 11) is 0. The Labute approximate surface area is 95.4 Å². The van der Waals surface area contributed by atoms with Gasteiger partial charge in [0, 0.05) is 5.56 Å². The Morgan fingerprint density at radius 2 is 2.19 bits per heavy atom. The summed E-state index contributed by atoms with van der Waals surface area (Å²) >= 11 is 0. The molecule has 0 fully saturated rings. The van der Waals surface area contributed by atoms with Crippen molar-refractivity contribution in [2.24, 2.45) is 0 Å². The van der Waals surface area contributed by atoms with Crippen molar-refractivity contribution in [3.05, 3.63) is 35.4 Å². The van der Waals surface area contributed by atoms with Crippen LogP contribution in [0.5, 0.6) is 0 Å². The molecule has 0 aliphatic heterocycles. The summed E-state index contributed by atoms with van der Waals surface area (Å²) in [6, 6.07) is 6.35. The van der Waals surface area contributed by atoms with Crippen LogP contribution in [0.3, 0.4) is 0 Å². The second kappa shape index (κ2) is 6.77. The second-order valence-corrected chi connectivity index (χ2v) is 3.53. The number of hydrogen-bond acceptors (Lipinski definition) is 3. The molecule has 0 heterocycles. The number of ether oxygens (including phenoxy) is 1. The first-order valence-electron chi connectivity index (χ1n) is 5.43. The molecule has 0 spiro atoms. The standard InChI is InChI=1S/C13H15O3/c1-2-3-4-8-16-13(15)12-7-5-6-11(9-12)10-14/h5-7,9H,2-4,8H2,1H3. The summed E-state index contributed by atoms with van der Waals surface area (Å²) in [5.74, 6) is -0.381. The normalized spacial score (nSPS) is 9.81. The molecule has 0 unspecified atom stereocenters. The van der Waals surface area contributed by atoms with Crippen LogP contribution in [0, 0.1) is 0 Å². The highest BCUT2D eigenvalue weighted by Crippen LogP contribution is 2.06. The Bertz CT molecular complexity index is 358. The third-order valence-corrected chi connectivity index (χ3v) is 2.20. The van der Waals surface area contributed by atoms with E-state index in [4.69, 9.17) is 4.74 Å². The van der Waals surface area contributed by atoms with Crippen LogP contribution in [0.15, 0.2) is 24.3 Å². The Morgan fingerprint density at radius 1 is 1.38 bits per heavy atom. The molecule has 0 aliphatic carbocycles. The van der Waals surface area contributed by atoms with E-state index < -0.39 is 0 Å². The first kappa shape index (κ1) is 12.4. The van der Waals surface area contributed by atoms with Crippen LogP contribution >= 0.6 is 0 Å². The SMILES string of the molecule is CCCCCOC(=O)c1cccc([C]=O)c1. The van der Waals surface area contributed by atoms with E-state index in [1.165, 1.54) is 6.07 Å². The van der Waals surface area contributed by atoms with Crippen molar-refractivity contribution in [1.82, 2.24) is 0 Å². The van der Waals surface area contributed by atoms with Gasteiger partial charge in [-0.05, 0) is 18.6 Å². The van der Waals surface area contributed by atoms with Gasteiger partial charge in [0.1, 0.15) is 0 Å². The summed E-state index contributed by atoms with van der Waals surface area (Å²) in [4.78, 5) is 21.9. The first-order chi connectivity index (χ1) is 7.77. The zero-order valence-electron chi connectivity index (χ0n) is 9.36. The van der Waals surface area contributed by atoms with Crippen molar-refractivity contribution in [2.45, 2.75) is 26.2 Å². The molecule has 16 heavy (non-hydrogen) atoms. The molecule has 0 saturated heterocycles. The van der Waals surface area contributed by atoms with E-state index in [-0.39, 0.29) is 5.97 Å². The van der Waals surface area contributed by atoms with E-state index in [0.717, 1.165) is 19.3 Å². The zero-order valence-corrected chi connectivity index (χ0v) is 9.36. The molecule has 3 heteroatoms. The average molecular weight is 219 g/mol. The predicted molar refractivity (Wildman–Crippen MR) is 61.0 cm³/mol. The fourth-order valence-corrected chi connectivity index (χ4v) is 1.31. The van der Waals surface area contributed by atoms with Gasteiger partial charge in [-0.1, -0.05) is 31.9 Å². The van der Waals surface area contributed by atoms with Gasteiger partial charge in [0.05, 0.1) is 12.2 Å². The van der Waals surface area contributed by atoms with Crippen molar-refractivity contribution in [2.75, 3.05) is 6.61 Å². The van der Waals surface area contributed by atoms with Crippen LogP contribution in [0.25, 0.3) is 0 Å². The number of unbranched alkanes of at least 4 members (excludes halogenated alkanes) is 2. The number of carbonyl (C=O) groups excluding carboxylic acids is 2. The largest absolute Gasteiger partial charge is 0.462 e. The third kappa shape index (κ3) is 3.85. The summed E-state index contributed by atoms with van der Waals surface area (Å²) in [5.41, 5.74) is 0.764. The van der Waals surface area contributed by atoms with Gasteiger partial charge in [0.25, 0.3) is 0 Å². The van der Waals surface area contributed by atoms with E-state index in [0.29, 0.717) is 17.7 Å². The lowest BCUT2D eigenvalue weighted by Gasteiger charge is -2.04. The van der Waals surface area contributed by atoms with Gasteiger partial charge in [0.2, 0.25) is 6.29 Å². The van der Waals surface area contributed by atoms with Gasteiger partial charge < -0.3 is 4.74 Å². The Morgan fingerprint density at radius 3 is 2.88 bits per heavy atom. The Kier molecular flexibility index (Phi) is 5.26. The molecule has 0 N–H and O–H groups in total. The molecule has 1 rings (SSSR count). The average Bonchev–Trinajstić information content (AvgIpc) is 2.34. The van der Waals surface area contributed by atoms with Crippen molar-refractivity contribution in [1.29, 1.82) is 0 Å². The van der Waals surface area contributed by atoms with Gasteiger partial charge in [-0.15, -0.1) is 0 Å². The molecule has 1 aromatic carbocycles. The quantitative estimate of drug-likeness (QED) is 0.545. The predicted octanol–water partition coefficient (Wildman–Crippen LogP) is 2.49. The lowest BCUT2D eigenvalue weighted by Crippen LogP contribution is -2.06. The lowest BCUT2D eigenvalue weighted by molar-refractivity contribution is 0.0498. The van der Waals surface area contributed by atoms with Crippen LogP contribution in [-0.4, -0.2) is 18.9 Å². The minimum Gasteiger partial charge on any atom is -0.462 e. The molecule has 0 amide bonds. The minimum absolute atomic E-state index is 0.364. The molecule has 0 aliphatic rings. The van der Waals surface area contributed by atoms with Crippen LogP contribution in [-0.2, 0) is 9.53 Å². The van der Waals surface area contributed by atoms with E-state index in [1.54, 1.807) is 24.5 Å². The molecule has 3 nitrogen and oxygen atoms in total. The van der Waals surface area contributed by atoms with E-state index in [9.17, 15) is 9.59 Å². The number of esters is 1. The number of benzene rings is 1. The van der Waals surface area contributed by atoms with Crippen molar-refractivity contribution in [3.8, 4) is 0 Å². The van der Waals surface area contributed by atoms with E-state index >= 15 is 0 Å². The number of rotatable bonds is 6. The van der Waals surface area contributed by atoms with Crippen molar-refractivity contribution >= 4 is 12.3 Å². The summed E-state index contributed by atoms with van der Waals surface area (Å²) in [6.07, 6.45) is 4.76. The molecule has 0 saturated carbocycles. The summed E-state index contributed by atoms with van der Waals surface area (Å²) in [6.45, 7) is 2.52. The van der Waals surface area contributed by atoms with Gasteiger partial charge in [-0.25, -0.2) is 4.79 Å². The third-order valence-electron chi connectivity index (χ3n) is 2.20. The molecular formula is C13H15O3. The maximum Gasteiger partial charge on any atom is 0.338 e. The molecule has 0 bridgehead atoms. The Hall–Kier alpha value is -1.64. The maximum absolute atomic E-state index is 11.5. The monoisotopic (exact) mass is 219 g/mol. The smallest absolute Gasteiger partial charge is 0.338 e.